The molecule has 0 aliphatic carbocycles. The number of carbonyl (C=O) groups is 1. The van der Waals surface area contributed by atoms with Gasteiger partial charge in [-0.1, -0.05) is 72.8 Å². The maximum Gasteiger partial charge on any atom is 0.411 e. The van der Waals surface area contributed by atoms with Gasteiger partial charge in [-0.05, 0) is 82.7 Å². The van der Waals surface area contributed by atoms with E-state index in [-0.39, 0.29) is 146 Å². The number of nitrogens with two attached hydrogens (primary N) is 9. The standard InChI is InChI=1S/C19H16F2N8O2.C17H12F2N8O2.C17H14F2N8.C13H8F2IN3.C4H4ClN5O2/c1-31-19(30)25-14-15(22)26-17(27-16(14)23)13-11-6-10(20)7-24-18(11)29(28-13)8-9-4-2-3-5-12(9)21;18-9-5-10-12(16-23-14(20)13(27(28)29)15(21)24-16)25-26(17(10)22-6-9)7-8-3-1-2-4-11(8)19;18-9-5-10-13(16-24-14(21)12(20)15(22)25-16)26-27(17(10)23-6-9)7-8-3-1-2-4-11(8)19;14-9-5-10-12(16)18-19(13(10)17-6-9)7-8-3-1-2-4-11(8)15;5-4-8-2(6)1(10(11)12)3(7)9-4/h2-7H,8H2,1H3,(H,25,30)(H4,22,23,26,27);1-6H,7H2,(H4,20,21,23,24);1-6H,7,20H2,(H4,21,22,24,25);1-6H,7H2;(H4,6,7,8,9). The molecule has 16 rings (SSSR count). The second-order valence-corrected chi connectivity index (χ2v) is 25.6. The van der Waals surface area contributed by atoms with Gasteiger partial charge in [-0.2, -0.15) is 30.4 Å². The van der Waals surface area contributed by atoms with E-state index in [4.69, 9.17) is 63.2 Å². The van der Waals surface area contributed by atoms with E-state index in [1.165, 1.54) is 63.6 Å². The summed E-state index contributed by atoms with van der Waals surface area (Å²) < 4.78 is 121. The van der Waals surface area contributed by atoms with Crippen molar-refractivity contribution in [1.29, 1.82) is 0 Å². The van der Waals surface area contributed by atoms with Crippen molar-refractivity contribution in [3.8, 4) is 34.6 Å². The number of methoxy groups -OCH3 is 1. The third-order valence-corrected chi connectivity index (χ3v) is 17.5. The molecule has 0 spiro atoms. The number of rotatable bonds is 14. The Balaban J connectivity index is 0.000000139. The number of aromatic nitrogens is 20. The van der Waals surface area contributed by atoms with Crippen LogP contribution in [-0.2, 0) is 30.9 Å². The van der Waals surface area contributed by atoms with Gasteiger partial charge in [0.2, 0.25) is 28.6 Å². The number of halogens is 10. The van der Waals surface area contributed by atoms with Crippen LogP contribution in [0, 0.1) is 70.5 Å². The van der Waals surface area contributed by atoms with E-state index >= 15 is 0 Å². The van der Waals surface area contributed by atoms with Crippen molar-refractivity contribution >= 4 is 154 Å². The van der Waals surface area contributed by atoms with Crippen LogP contribution >= 0.6 is 34.2 Å². The topological polar surface area (TPSA) is 585 Å². The molecule has 0 radical (unpaired) electrons. The molecule has 12 aromatic heterocycles. The molecule has 0 unspecified atom stereocenters. The number of benzene rings is 4. The molecule has 0 saturated heterocycles. The molecule has 38 nitrogen and oxygen atoms in total. The van der Waals surface area contributed by atoms with Crippen LogP contribution in [0.3, 0.4) is 0 Å². The third kappa shape index (κ3) is 18.1. The van der Waals surface area contributed by atoms with Gasteiger partial charge in [0.1, 0.15) is 78.7 Å². The summed E-state index contributed by atoms with van der Waals surface area (Å²) in [7, 11) is 1.17. The number of ether oxygens (including phenoxy) is 1. The van der Waals surface area contributed by atoms with Crippen molar-refractivity contribution in [2.75, 3.05) is 64.0 Å². The van der Waals surface area contributed by atoms with Gasteiger partial charge >= 0.3 is 17.5 Å². The first-order valence-electron chi connectivity index (χ1n) is 33.3. The summed E-state index contributed by atoms with van der Waals surface area (Å²) in [5.41, 5.74) is 52.9. The molecule has 48 heteroatoms. The van der Waals surface area contributed by atoms with Crippen molar-refractivity contribution < 1.29 is 54.5 Å². The highest BCUT2D eigenvalue weighted by molar-refractivity contribution is 14.1. The molecule has 118 heavy (non-hydrogen) atoms. The fraction of sp³-hybridized carbons (Fsp3) is 0.0714. The number of nitrogen functional groups attached to an aromatic ring is 9. The van der Waals surface area contributed by atoms with Crippen LogP contribution in [0.1, 0.15) is 22.3 Å². The van der Waals surface area contributed by atoms with E-state index in [0.717, 1.165) is 30.9 Å². The lowest BCUT2D eigenvalue weighted by Gasteiger charge is -2.10. The molecular formula is C70H54ClF8IN32O6. The number of nitrogens with one attached hydrogen (secondary N) is 1. The molecule has 0 atom stereocenters. The Morgan fingerprint density at radius 3 is 1.00 bits per heavy atom. The van der Waals surface area contributed by atoms with Gasteiger partial charge < -0.3 is 56.3 Å². The number of amides is 1. The van der Waals surface area contributed by atoms with Crippen LogP contribution in [0.2, 0.25) is 5.28 Å². The second kappa shape index (κ2) is 34.8. The van der Waals surface area contributed by atoms with E-state index < -0.39 is 73.9 Å². The summed E-state index contributed by atoms with van der Waals surface area (Å²) in [4.78, 5) is 78.3. The fourth-order valence-electron chi connectivity index (χ4n) is 11.1. The summed E-state index contributed by atoms with van der Waals surface area (Å²) in [6.07, 6.45) is 3.40. The summed E-state index contributed by atoms with van der Waals surface area (Å²) in [6, 6.07) is 30.0. The highest BCUT2D eigenvalue weighted by Crippen LogP contribution is 2.36. The Kier molecular flexibility index (Phi) is 24.1. The number of anilines is 10. The largest absolute Gasteiger partial charge is 0.453 e. The summed E-state index contributed by atoms with van der Waals surface area (Å²) in [5, 5.41) is 42.3. The smallest absolute Gasteiger partial charge is 0.411 e. The first kappa shape index (κ1) is 81.9. The number of pyridine rings is 4. The lowest BCUT2D eigenvalue weighted by atomic mass is 10.2. The van der Waals surface area contributed by atoms with Gasteiger partial charge in [0, 0.05) is 22.3 Å². The van der Waals surface area contributed by atoms with E-state index in [9.17, 15) is 60.1 Å². The maximum absolute atomic E-state index is 14.1. The fourth-order valence-corrected chi connectivity index (χ4v) is 12.0. The zero-order chi connectivity index (χ0) is 84.7. The predicted octanol–water partition coefficient (Wildman–Crippen LogP) is 10.4. The van der Waals surface area contributed by atoms with Crippen molar-refractivity contribution in [3.63, 3.8) is 0 Å². The minimum absolute atomic E-state index is 0.000247. The SMILES string of the molecule is COC(=O)Nc1c(N)nc(-c2nn(Cc3ccccc3F)c3ncc(F)cc23)nc1N.Fc1cnc2c(c1)c(I)nn2Cc1ccccc1F.Nc1nc(-c2nn(Cc3ccccc3F)c3ncc(F)cc23)nc(N)c1N.Nc1nc(-c2nn(Cc3ccccc3F)c3ncc(F)cc23)nc(N)c1[N+](=O)[O-].Nc1nc(Cl)nc(N)c1[N+](=O)[O-]. The lowest BCUT2D eigenvalue weighted by molar-refractivity contribution is -0.383. The number of hydrogen-bond acceptors (Lipinski definition) is 31. The van der Waals surface area contributed by atoms with E-state index in [0.29, 0.717) is 48.0 Å². The first-order valence-corrected chi connectivity index (χ1v) is 34.7. The van der Waals surface area contributed by atoms with E-state index in [1.807, 2.05) is 22.6 Å². The van der Waals surface area contributed by atoms with Gasteiger partial charge in [-0.3, -0.25) is 25.5 Å². The predicted molar refractivity (Wildman–Crippen MR) is 424 cm³/mol. The van der Waals surface area contributed by atoms with E-state index in [2.05, 4.69) is 90.3 Å². The van der Waals surface area contributed by atoms with E-state index in [1.54, 1.807) is 77.5 Å². The Hall–Kier alpha value is -15.6. The zero-order valence-electron chi connectivity index (χ0n) is 59.9. The van der Waals surface area contributed by atoms with Crippen LogP contribution in [0.25, 0.3) is 78.7 Å². The van der Waals surface area contributed by atoms with Crippen molar-refractivity contribution in [3.05, 3.63) is 244 Å². The number of nitro groups is 2. The summed E-state index contributed by atoms with van der Waals surface area (Å²) in [6.45, 7) is 0.390. The van der Waals surface area contributed by atoms with Crippen molar-refractivity contribution in [1.82, 2.24) is 98.9 Å². The van der Waals surface area contributed by atoms with Gasteiger partial charge in [0.15, 0.2) is 63.3 Å². The van der Waals surface area contributed by atoms with Crippen LogP contribution in [0.4, 0.5) is 109 Å². The Morgan fingerprint density at radius 2 is 0.695 bits per heavy atom. The lowest BCUT2D eigenvalue weighted by Crippen LogP contribution is -2.16. The third-order valence-electron chi connectivity index (χ3n) is 16.5. The molecule has 0 aliphatic rings. The molecular weight excluding hydrogens is 1700 g/mol. The molecule has 12 heterocycles. The molecule has 0 saturated carbocycles. The van der Waals surface area contributed by atoms with Gasteiger partial charge in [-0.15, -0.1) is 0 Å². The average Bonchev–Trinajstić information content (AvgIpc) is 1.63. The molecule has 0 bridgehead atoms. The van der Waals surface area contributed by atoms with Gasteiger partial charge in [-0.25, -0.2) is 108 Å². The number of hydrogen-bond donors (Lipinski definition) is 10. The van der Waals surface area contributed by atoms with Crippen LogP contribution < -0.4 is 56.9 Å². The number of nitrogens with zero attached hydrogens (tertiary/aromatic N) is 22. The minimum Gasteiger partial charge on any atom is -0.453 e. The number of fused-ring (bicyclic) bond motifs is 4. The van der Waals surface area contributed by atoms with Crippen LogP contribution in [0.5, 0.6) is 0 Å². The molecule has 16 aromatic rings. The highest BCUT2D eigenvalue weighted by Gasteiger charge is 2.28. The van der Waals surface area contributed by atoms with Crippen molar-refractivity contribution in [2.45, 2.75) is 26.2 Å². The summed E-state index contributed by atoms with van der Waals surface area (Å²) >= 11 is 7.34. The Labute approximate surface area is 672 Å². The molecule has 0 aliphatic heterocycles. The molecule has 19 N–H and O–H groups in total. The number of carbonyl (C=O) groups excluding carboxylic acids is 1. The van der Waals surface area contributed by atoms with Gasteiger partial charge in [0.25, 0.3) is 0 Å². The molecule has 4 aromatic carbocycles. The van der Waals surface area contributed by atoms with Crippen LogP contribution in [-0.4, -0.2) is 122 Å². The maximum atomic E-state index is 14.1. The average molecular weight is 1750 g/mol. The highest BCUT2D eigenvalue weighted by atomic mass is 127. The monoisotopic (exact) mass is 1750 g/mol. The minimum atomic E-state index is -0.805. The van der Waals surface area contributed by atoms with Crippen LogP contribution in [0.15, 0.2) is 146 Å². The summed E-state index contributed by atoms with van der Waals surface area (Å²) in [5.74, 6) is -5.76. The second-order valence-electron chi connectivity index (χ2n) is 24.3. The Morgan fingerprint density at radius 1 is 0.424 bits per heavy atom. The molecule has 1 amide bonds. The van der Waals surface area contributed by atoms with Gasteiger partial charge in [0.05, 0.1) is 89.5 Å². The normalized spacial score (nSPS) is 10.9. The first-order chi connectivity index (χ1) is 56.3. The quantitative estimate of drug-likeness (QED) is 0.0159. The van der Waals surface area contributed by atoms with Crippen molar-refractivity contribution in [2.24, 2.45) is 0 Å². The molecule has 600 valence electrons. The molecule has 0 fully saturated rings. The zero-order valence-corrected chi connectivity index (χ0v) is 62.9. The Bertz CT molecular complexity index is 6510.